The Morgan fingerprint density at radius 1 is 1.20 bits per heavy atom. The molecule has 1 aromatic heterocycles. The number of hydrogen-bond acceptors (Lipinski definition) is 3. The molecule has 0 aliphatic carbocycles. The molecule has 3 nitrogen and oxygen atoms in total. The van der Waals surface area contributed by atoms with Gasteiger partial charge in [-0.2, -0.15) is 0 Å². The number of likely N-dealkylation sites (tertiary alicyclic amines) is 1. The van der Waals surface area contributed by atoms with Crippen LogP contribution in [0.4, 0.5) is 0 Å². The van der Waals surface area contributed by atoms with Gasteiger partial charge in [0.15, 0.2) is 0 Å². The Bertz CT molecular complexity index is 690. The van der Waals surface area contributed by atoms with Crippen LogP contribution in [0.3, 0.4) is 0 Å². The largest absolute Gasteiger partial charge is 0.351 e. The molecule has 0 unspecified atom stereocenters. The summed E-state index contributed by atoms with van der Waals surface area (Å²) in [6.07, 6.45) is 3.61. The second-order valence-electron chi connectivity index (χ2n) is 6.80. The van der Waals surface area contributed by atoms with Crippen LogP contribution < -0.4 is 5.32 Å². The van der Waals surface area contributed by atoms with Crippen LogP contribution in [0.25, 0.3) is 10.4 Å². The molecule has 2 aromatic rings. The first-order valence-electron chi connectivity index (χ1n) is 8.98. The summed E-state index contributed by atoms with van der Waals surface area (Å²) in [6, 6.07) is 11.6. The maximum Gasteiger partial charge on any atom is 0.261 e. The summed E-state index contributed by atoms with van der Waals surface area (Å²) in [4.78, 5) is 16.7. The van der Waals surface area contributed by atoms with Crippen molar-refractivity contribution in [1.82, 2.24) is 10.2 Å². The second-order valence-corrected chi connectivity index (χ2v) is 8.32. The molecule has 1 aliphatic heterocycles. The quantitative estimate of drug-likeness (QED) is 0.725. The van der Waals surface area contributed by atoms with E-state index in [1.165, 1.54) is 37.3 Å². The molecule has 0 spiro atoms. The zero-order chi connectivity index (χ0) is 17.6. The number of benzene rings is 1. The Morgan fingerprint density at radius 3 is 2.64 bits per heavy atom. The minimum absolute atomic E-state index is 0.0254. The fraction of sp³-hybridized carbons (Fsp3) is 0.450. The van der Waals surface area contributed by atoms with Crippen molar-refractivity contribution in [2.75, 3.05) is 26.2 Å². The van der Waals surface area contributed by atoms with Gasteiger partial charge in [-0.25, -0.2) is 0 Å². The first-order chi connectivity index (χ1) is 12.1. The summed E-state index contributed by atoms with van der Waals surface area (Å²) < 4.78 is 0. The van der Waals surface area contributed by atoms with Crippen molar-refractivity contribution in [2.24, 2.45) is 5.92 Å². The van der Waals surface area contributed by atoms with Crippen LogP contribution in [0.5, 0.6) is 0 Å². The number of piperidine rings is 1. The van der Waals surface area contributed by atoms with Crippen molar-refractivity contribution in [2.45, 2.75) is 26.2 Å². The molecule has 0 saturated carbocycles. The zero-order valence-corrected chi connectivity index (χ0v) is 16.2. The number of hydrogen-bond donors (Lipinski definition) is 1. The fourth-order valence-corrected chi connectivity index (χ4v) is 4.16. The lowest BCUT2D eigenvalue weighted by Crippen LogP contribution is -2.35. The molecular weight excluding hydrogens is 352 g/mol. The summed E-state index contributed by atoms with van der Waals surface area (Å²) in [6.45, 7) is 6.54. The Kier molecular flexibility index (Phi) is 6.51. The van der Waals surface area contributed by atoms with Crippen molar-refractivity contribution < 1.29 is 4.79 Å². The van der Waals surface area contributed by atoms with Gasteiger partial charge in [0.2, 0.25) is 0 Å². The van der Waals surface area contributed by atoms with Crippen LogP contribution in [0, 0.1) is 5.92 Å². The van der Waals surface area contributed by atoms with Gasteiger partial charge in [-0.3, -0.25) is 4.79 Å². The Morgan fingerprint density at radius 2 is 1.92 bits per heavy atom. The smallest absolute Gasteiger partial charge is 0.261 e. The highest BCUT2D eigenvalue weighted by Crippen LogP contribution is 2.29. The Balaban J connectivity index is 1.43. The van der Waals surface area contributed by atoms with Gasteiger partial charge in [0.05, 0.1) is 4.88 Å². The molecule has 1 saturated heterocycles. The van der Waals surface area contributed by atoms with Gasteiger partial charge in [-0.1, -0.05) is 30.7 Å². The zero-order valence-electron chi connectivity index (χ0n) is 14.6. The standard InChI is InChI=1S/C20H25ClN2OS/c1-15-9-13-23(14-10-15)12-2-11-22-20(24)19-8-7-18(25-19)16-3-5-17(21)6-4-16/h3-8,15H,2,9-14H2,1H3,(H,22,24). The van der Waals surface area contributed by atoms with E-state index >= 15 is 0 Å². The average Bonchev–Trinajstić information content (AvgIpc) is 3.11. The van der Waals surface area contributed by atoms with Crippen molar-refractivity contribution in [3.05, 3.63) is 46.3 Å². The predicted molar refractivity (Wildman–Crippen MR) is 107 cm³/mol. The molecule has 3 rings (SSSR count). The van der Waals surface area contributed by atoms with Crippen molar-refractivity contribution in [3.63, 3.8) is 0 Å². The monoisotopic (exact) mass is 376 g/mol. The lowest BCUT2D eigenvalue weighted by Gasteiger charge is -2.30. The molecule has 1 aliphatic rings. The Labute approximate surface area is 159 Å². The van der Waals surface area contributed by atoms with E-state index in [1.54, 1.807) is 0 Å². The molecule has 25 heavy (non-hydrogen) atoms. The summed E-state index contributed by atoms with van der Waals surface area (Å²) in [5.41, 5.74) is 1.09. The molecule has 1 N–H and O–H groups in total. The van der Waals surface area contributed by atoms with Gasteiger partial charge < -0.3 is 10.2 Å². The number of thiophene rings is 1. The third kappa shape index (κ3) is 5.30. The second kappa shape index (κ2) is 8.84. The minimum Gasteiger partial charge on any atom is -0.351 e. The van der Waals surface area contributed by atoms with E-state index in [2.05, 4.69) is 17.1 Å². The van der Waals surface area contributed by atoms with Crippen molar-refractivity contribution in [3.8, 4) is 10.4 Å². The highest BCUT2D eigenvalue weighted by molar-refractivity contribution is 7.17. The van der Waals surface area contributed by atoms with Crippen LogP contribution in [0.1, 0.15) is 35.9 Å². The molecule has 0 bridgehead atoms. The van der Waals surface area contributed by atoms with Crippen molar-refractivity contribution in [1.29, 1.82) is 0 Å². The molecular formula is C20H25ClN2OS. The van der Waals surface area contributed by atoms with E-state index in [9.17, 15) is 4.79 Å². The molecule has 5 heteroatoms. The van der Waals surface area contributed by atoms with Gasteiger partial charge >= 0.3 is 0 Å². The van der Waals surface area contributed by atoms with E-state index in [4.69, 9.17) is 11.6 Å². The maximum absolute atomic E-state index is 12.3. The predicted octanol–water partition coefficient (Wildman–Crippen LogP) is 4.92. The lowest BCUT2D eigenvalue weighted by molar-refractivity contribution is 0.0954. The first-order valence-corrected chi connectivity index (χ1v) is 10.2. The van der Waals surface area contributed by atoms with Crippen LogP contribution in [-0.2, 0) is 0 Å². The summed E-state index contributed by atoms with van der Waals surface area (Å²) in [5.74, 6) is 0.891. The van der Waals surface area contributed by atoms with Gasteiger partial charge in [0.25, 0.3) is 5.91 Å². The third-order valence-corrected chi connectivity index (χ3v) is 6.16. The van der Waals surface area contributed by atoms with Crippen LogP contribution in [0.15, 0.2) is 36.4 Å². The summed E-state index contributed by atoms with van der Waals surface area (Å²) >= 11 is 7.45. The number of nitrogens with zero attached hydrogens (tertiary/aromatic N) is 1. The number of carbonyl (C=O) groups is 1. The number of nitrogens with one attached hydrogen (secondary N) is 1. The fourth-order valence-electron chi connectivity index (χ4n) is 3.11. The lowest BCUT2D eigenvalue weighted by atomic mass is 9.99. The highest BCUT2D eigenvalue weighted by Gasteiger charge is 2.15. The first kappa shape index (κ1) is 18.4. The highest BCUT2D eigenvalue weighted by atomic mass is 35.5. The van der Waals surface area contributed by atoms with Gasteiger partial charge in [0.1, 0.15) is 0 Å². The summed E-state index contributed by atoms with van der Waals surface area (Å²) in [5, 5.41) is 3.77. The van der Waals surface area contributed by atoms with Crippen LogP contribution in [0.2, 0.25) is 5.02 Å². The molecule has 0 radical (unpaired) electrons. The van der Waals surface area contributed by atoms with Gasteiger partial charge in [0, 0.05) is 16.4 Å². The normalized spacial score (nSPS) is 16.1. The van der Waals surface area contributed by atoms with Crippen LogP contribution >= 0.6 is 22.9 Å². The third-order valence-electron chi connectivity index (χ3n) is 4.77. The average molecular weight is 377 g/mol. The molecule has 134 valence electrons. The van der Waals surface area contributed by atoms with E-state index < -0.39 is 0 Å². The van der Waals surface area contributed by atoms with Crippen LogP contribution in [-0.4, -0.2) is 37.0 Å². The molecule has 1 fully saturated rings. The number of carbonyl (C=O) groups excluding carboxylic acids is 1. The van der Waals surface area contributed by atoms with Gasteiger partial charge in [-0.15, -0.1) is 11.3 Å². The van der Waals surface area contributed by atoms with E-state index in [0.29, 0.717) is 0 Å². The van der Waals surface area contributed by atoms with Crippen molar-refractivity contribution >= 4 is 28.8 Å². The Hall–Kier alpha value is -1.36. The summed E-state index contributed by atoms with van der Waals surface area (Å²) in [7, 11) is 0. The maximum atomic E-state index is 12.3. The molecule has 2 heterocycles. The number of rotatable bonds is 6. The number of halogens is 1. The van der Waals surface area contributed by atoms with Gasteiger partial charge in [-0.05, 0) is 74.6 Å². The minimum atomic E-state index is 0.0254. The SMILES string of the molecule is CC1CCN(CCCNC(=O)c2ccc(-c3ccc(Cl)cc3)s2)CC1. The topological polar surface area (TPSA) is 32.3 Å². The van der Waals surface area contributed by atoms with E-state index in [1.807, 2.05) is 36.4 Å². The molecule has 1 amide bonds. The van der Waals surface area contributed by atoms with E-state index in [-0.39, 0.29) is 5.91 Å². The van der Waals surface area contributed by atoms with E-state index in [0.717, 1.165) is 45.8 Å². The molecule has 0 atom stereocenters. The number of amides is 1. The molecule has 1 aromatic carbocycles.